The van der Waals surface area contributed by atoms with E-state index in [1.54, 1.807) is 0 Å². The predicted octanol–water partition coefficient (Wildman–Crippen LogP) is 2.87. The molecule has 0 radical (unpaired) electrons. The van der Waals surface area contributed by atoms with Crippen LogP contribution >= 0.6 is 0 Å². The predicted molar refractivity (Wildman–Crippen MR) is 105 cm³/mol. The molecule has 3 rings (SSSR count). The molecule has 27 heavy (non-hydrogen) atoms. The third-order valence-corrected chi connectivity index (χ3v) is 5.25. The fraction of sp³-hybridized carbons (Fsp3) is 0.364. The zero-order chi connectivity index (χ0) is 19.2. The Morgan fingerprint density at radius 1 is 1.04 bits per heavy atom. The van der Waals surface area contributed by atoms with Crippen LogP contribution in [0.15, 0.2) is 60.7 Å². The number of carbonyl (C=O) groups excluding carboxylic acids is 1. The van der Waals surface area contributed by atoms with Gasteiger partial charge in [0.15, 0.2) is 0 Å². The fourth-order valence-corrected chi connectivity index (χ4v) is 3.75. The molecule has 1 fully saturated rings. The summed E-state index contributed by atoms with van der Waals surface area (Å²) in [6.45, 7) is 2.72. The number of likely N-dealkylation sites (N-methyl/N-ethyl adjacent to an activating group) is 1. The molecule has 0 bridgehead atoms. The molecule has 5 nitrogen and oxygen atoms in total. The molecule has 0 aromatic heterocycles. The second kappa shape index (κ2) is 8.82. The first kappa shape index (κ1) is 19.1. The molecular weight excluding hydrogens is 340 g/mol. The molecule has 0 aliphatic heterocycles. The van der Waals surface area contributed by atoms with Crippen LogP contribution in [0.25, 0.3) is 0 Å². The van der Waals surface area contributed by atoms with E-state index < -0.39 is 5.97 Å². The maximum absolute atomic E-state index is 13.1. The number of aliphatic carboxylic acids is 1. The minimum atomic E-state index is -0.808. The summed E-state index contributed by atoms with van der Waals surface area (Å²) in [5, 5.41) is 12.2. The summed E-state index contributed by atoms with van der Waals surface area (Å²) in [5.74, 6) is -1.15. The summed E-state index contributed by atoms with van der Waals surface area (Å²) >= 11 is 0. The van der Waals surface area contributed by atoms with E-state index in [9.17, 15) is 9.59 Å². The van der Waals surface area contributed by atoms with Gasteiger partial charge in [-0.05, 0) is 30.5 Å². The first-order chi connectivity index (χ1) is 13.1. The molecule has 1 saturated carbocycles. The highest BCUT2D eigenvalue weighted by molar-refractivity contribution is 5.87. The molecule has 0 atom stereocenters. The molecule has 5 heteroatoms. The number of hydrogen-bond donors (Lipinski definition) is 2. The van der Waals surface area contributed by atoms with Crippen LogP contribution in [0.1, 0.15) is 36.8 Å². The first-order valence-corrected chi connectivity index (χ1v) is 9.44. The molecule has 142 valence electrons. The smallest absolute Gasteiger partial charge is 0.317 e. The van der Waals surface area contributed by atoms with Crippen molar-refractivity contribution in [3.05, 3.63) is 71.8 Å². The molecule has 0 spiro atoms. The van der Waals surface area contributed by atoms with Gasteiger partial charge in [-0.1, -0.05) is 67.6 Å². The van der Waals surface area contributed by atoms with Crippen molar-refractivity contribution < 1.29 is 14.7 Å². The molecule has 0 unspecified atom stereocenters. The van der Waals surface area contributed by atoms with Crippen LogP contribution in [0.2, 0.25) is 0 Å². The van der Waals surface area contributed by atoms with E-state index in [4.69, 9.17) is 5.11 Å². The van der Waals surface area contributed by atoms with Gasteiger partial charge < -0.3 is 10.4 Å². The standard InChI is InChI=1S/C22H26N2O3/c1-2-24(15-20(25)26)19-13-18(14-19)23-22(27)21(16-9-5-3-6-10-16)17-11-7-4-8-12-17/h3-12,18-19,21H,2,13-15H2,1H3,(H,23,27)(H,25,26). The van der Waals surface area contributed by atoms with Crippen LogP contribution in [-0.4, -0.2) is 47.1 Å². The average molecular weight is 366 g/mol. The van der Waals surface area contributed by atoms with Crippen molar-refractivity contribution in [1.29, 1.82) is 0 Å². The zero-order valence-electron chi connectivity index (χ0n) is 15.5. The molecule has 0 saturated heterocycles. The monoisotopic (exact) mass is 366 g/mol. The van der Waals surface area contributed by atoms with E-state index in [2.05, 4.69) is 5.32 Å². The third kappa shape index (κ3) is 4.74. The highest BCUT2D eigenvalue weighted by Gasteiger charge is 2.36. The summed E-state index contributed by atoms with van der Waals surface area (Å²) < 4.78 is 0. The Labute approximate surface area is 160 Å². The molecule has 2 N–H and O–H groups in total. The van der Waals surface area contributed by atoms with Crippen molar-refractivity contribution in [2.45, 2.75) is 37.8 Å². The largest absolute Gasteiger partial charge is 0.480 e. The molecule has 2 aromatic rings. The summed E-state index contributed by atoms with van der Waals surface area (Å²) in [4.78, 5) is 26.0. The lowest BCUT2D eigenvalue weighted by Crippen LogP contribution is -2.55. The highest BCUT2D eigenvalue weighted by atomic mass is 16.4. The zero-order valence-corrected chi connectivity index (χ0v) is 15.5. The number of nitrogens with zero attached hydrogens (tertiary/aromatic N) is 1. The molecule has 2 aromatic carbocycles. The SMILES string of the molecule is CCN(CC(=O)O)C1CC(NC(=O)C(c2ccccc2)c2ccccc2)C1. The van der Waals surface area contributed by atoms with Gasteiger partial charge in [0, 0.05) is 12.1 Å². The summed E-state index contributed by atoms with van der Waals surface area (Å²) in [7, 11) is 0. The van der Waals surface area contributed by atoms with Crippen molar-refractivity contribution in [3.63, 3.8) is 0 Å². The van der Waals surface area contributed by atoms with Gasteiger partial charge in [0.2, 0.25) is 5.91 Å². The first-order valence-electron chi connectivity index (χ1n) is 9.44. The summed E-state index contributed by atoms with van der Waals surface area (Å²) in [6.07, 6.45) is 1.59. The lowest BCUT2D eigenvalue weighted by molar-refractivity contribution is -0.139. The Kier molecular flexibility index (Phi) is 6.24. The minimum Gasteiger partial charge on any atom is -0.480 e. The molecule has 1 aliphatic rings. The van der Waals surface area contributed by atoms with Gasteiger partial charge in [0.25, 0.3) is 0 Å². The van der Waals surface area contributed by atoms with Crippen molar-refractivity contribution in [1.82, 2.24) is 10.2 Å². The number of carboxylic acid groups (broad SMARTS) is 1. The van der Waals surface area contributed by atoms with Gasteiger partial charge >= 0.3 is 5.97 Å². The van der Waals surface area contributed by atoms with Crippen LogP contribution in [0.5, 0.6) is 0 Å². The topological polar surface area (TPSA) is 69.6 Å². The second-order valence-corrected chi connectivity index (χ2v) is 7.04. The lowest BCUT2D eigenvalue weighted by Gasteiger charge is -2.42. The number of hydrogen-bond acceptors (Lipinski definition) is 3. The summed E-state index contributed by atoms with van der Waals surface area (Å²) in [5.41, 5.74) is 1.94. The van der Waals surface area contributed by atoms with Gasteiger partial charge in [-0.2, -0.15) is 0 Å². The Bertz CT molecular complexity index is 718. The minimum absolute atomic E-state index is 0.00265. The average Bonchev–Trinajstić information content (AvgIpc) is 2.64. The van der Waals surface area contributed by atoms with Crippen LogP contribution in [0.3, 0.4) is 0 Å². The quantitative estimate of drug-likeness (QED) is 0.754. The van der Waals surface area contributed by atoms with E-state index in [0.29, 0.717) is 6.54 Å². The van der Waals surface area contributed by atoms with E-state index in [-0.39, 0.29) is 30.5 Å². The van der Waals surface area contributed by atoms with E-state index in [0.717, 1.165) is 24.0 Å². The number of nitrogens with one attached hydrogen (secondary N) is 1. The Balaban J connectivity index is 1.66. The van der Waals surface area contributed by atoms with E-state index in [1.807, 2.05) is 72.5 Å². The summed E-state index contributed by atoms with van der Waals surface area (Å²) in [6, 6.07) is 19.9. The van der Waals surface area contributed by atoms with E-state index in [1.165, 1.54) is 0 Å². The van der Waals surface area contributed by atoms with Crippen LogP contribution in [0, 0.1) is 0 Å². The van der Waals surface area contributed by atoms with Gasteiger partial charge in [0.1, 0.15) is 0 Å². The van der Waals surface area contributed by atoms with E-state index >= 15 is 0 Å². The fourth-order valence-electron chi connectivity index (χ4n) is 3.75. The van der Waals surface area contributed by atoms with Crippen molar-refractivity contribution in [2.24, 2.45) is 0 Å². The second-order valence-electron chi connectivity index (χ2n) is 7.04. The Hall–Kier alpha value is -2.66. The number of amides is 1. The van der Waals surface area contributed by atoms with Gasteiger partial charge in [0.05, 0.1) is 12.5 Å². The van der Waals surface area contributed by atoms with Crippen molar-refractivity contribution >= 4 is 11.9 Å². The molecular formula is C22H26N2O3. The Morgan fingerprint density at radius 3 is 2.00 bits per heavy atom. The molecule has 0 heterocycles. The van der Waals surface area contributed by atoms with Crippen LogP contribution in [0.4, 0.5) is 0 Å². The van der Waals surface area contributed by atoms with Crippen LogP contribution in [-0.2, 0) is 9.59 Å². The number of carboxylic acids is 1. The van der Waals surface area contributed by atoms with Crippen molar-refractivity contribution in [3.8, 4) is 0 Å². The van der Waals surface area contributed by atoms with Crippen molar-refractivity contribution in [2.75, 3.05) is 13.1 Å². The molecule has 1 amide bonds. The maximum atomic E-state index is 13.1. The number of rotatable bonds is 8. The van der Waals surface area contributed by atoms with Gasteiger partial charge in [-0.15, -0.1) is 0 Å². The number of carbonyl (C=O) groups is 2. The van der Waals surface area contributed by atoms with Gasteiger partial charge in [-0.25, -0.2) is 0 Å². The normalized spacial score (nSPS) is 18.9. The highest BCUT2D eigenvalue weighted by Crippen LogP contribution is 2.29. The van der Waals surface area contributed by atoms with Crippen LogP contribution < -0.4 is 5.32 Å². The lowest BCUT2D eigenvalue weighted by atomic mass is 9.84. The number of benzene rings is 2. The van der Waals surface area contributed by atoms with Gasteiger partial charge in [-0.3, -0.25) is 14.5 Å². The Morgan fingerprint density at radius 2 is 1.56 bits per heavy atom. The third-order valence-electron chi connectivity index (χ3n) is 5.25. The molecule has 1 aliphatic carbocycles. The maximum Gasteiger partial charge on any atom is 0.317 e.